The first-order valence-corrected chi connectivity index (χ1v) is 6.39. The Morgan fingerprint density at radius 3 is 2.61 bits per heavy atom. The third-order valence-corrected chi connectivity index (χ3v) is 3.88. The molecule has 2 nitrogen and oxygen atoms in total. The lowest BCUT2D eigenvalue weighted by atomic mass is 10.1. The molecule has 0 aliphatic carbocycles. The molecule has 2 N–H and O–H groups in total. The van der Waals surface area contributed by atoms with Gasteiger partial charge in [0, 0.05) is 29.5 Å². The third kappa shape index (κ3) is 1.93. The van der Waals surface area contributed by atoms with Gasteiger partial charge in [0.15, 0.2) is 0 Å². The van der Waals surface area contributed by atoms with Gasteiger partial charge in [-0.05, 0) is 47.9 Å². The molecule has 0 unspecified atom stereocenters. The first-order chi connectivity index (χ1) is 8.63. The number of halogens is 1. The van der Waals surface area contributed by atoms with Crippen LogP contribution in [0.2, 0.25) is 5.02 Å². The van der Waals surface area contributed by atoms with Crippen LogP contribution in [0.5, 0.6) is 0 Å². The Morgan fingerprint density at radius 1 is 1.06 bits per heavy atom. The second kappa shape index (κ2) is 4.21. The normalized spacial score (nSPS) is 13.8. The molecule has 2 aromatic rings. The number of nitrogens with zero attached hydrogens (tertiary/aromatic N) is 1. The van der Waals surface area contributed by atoms with Crippen molar-refractivity contribution in [2.24, 2.45) is 0 Å². The summed E-state index contributed by atoms with van der Waals surface area (Å²) in [5.41, 5.74) is 11.6. The Morgan fingerprint density at radius 2 is 1.83 bits per heavy atom. The Hall–Kier alpha value is -1.67. The van der Waals surface area contributed by atoms with Crippen LogP contribution in [0.4, 0.5) is 11.4 Å². The van der Waals surface area contributed by atoms with Crippen LogP contribution in [0.3, 0.4) is 0 Å². The SMILES string of the molecule is Cc1ccc(N2Cc3ccc(N)cc3C2)cc1Cl. The van der Waals surface area contributed by atoms with E-state index < -0.39 is 0 Å². The number of rotatable bonds is 1. The smallest absolute Gasteiger partial charge is 0.0455 e. The third-order valence-electron chi connectivity index (χ3n) is 3.47. The molecule has 1 aliphatic rings. The van der Waals surface area contributed by atoms with Crippen molar-refractivity contribution in [2.45, 2.75) is 20.0 Å². The molecule has 0 aromatic heterocycles. The number of hydrogen-bond acceptors (Lipinski definition) is 2. The molecular weight excluding hydrogens is 244 g/mol. The maximum atomic E-state index is 6.18. The first kappa shape index (κ1) is 11.4. The van der Waals surface area contributed by atoms with Crippen LogP contribution in [-0.2, 0) is 13.1 Å². The number of aryl methyl sites for hydroxylation is 1. The zero-order valence-corrected chi connectivity index (χ0v) is 11.0. The fourth-order valence-electron chi connectivity index (χ4n) is 2.38. The Bertz CT molecular complexity index is 607. The van der Waals surface area contributed by atoms with E-state index in [9.17, 15) is 0 Å². The molecule has 2 aromatic carbocycles. The van der Waals surface area contributed by atoms with Crippen LogP contribution in [0.1, 0.15) is 16.7 Å². The molecule has 3 rings (SSSR count). The summed E-state index contributed by atoms with van der Waals surface area (Å²) in [5.74, 6) is 0. The van der Waals surface area contributed by atoms with Crippen LogP contribution < -0.4 is 10.6 Å². The topological polar surface area (TPSA) is 29.3 Å². The average Bonchev–Trinajstić information content (AvgIpc) is 2.75. The predicted molar refractivity (Wildman–Crippen MR) is 76.9 cm³/mol. The standard InChI is InChI=1S/C15H15ClN2/c1-10-2-5-14(7-15(10)16)18-8-11-3-4-13(17)6-12(11)9-18/h2-7H,8-9,17H2,1H3. The van der Waals surface area contributed by atoms with E-state index in [4.69, 9.17) is 17.3 Å². The maximum absolute atomic E-state index is 6.18. The zero-order valence-electron chi connectivity index (χ0n) is 10.3. The molecule has 0 amide bonds. The minimum atomic E-state index is 0.822. The molecule has 3 heteroatoms. The van der Waals surface area contributed by atoms with E-state index >= 15 is 0 Å². The van der Waals surface area contributed by atoms with Gasteiger partial charge in [-0.3, -0.25) is 0 Å². The molecular formula is C15H15ClN2. The quantitative estimate of drug-likeness (QED) is 0.790. The van der Waals surface area contributed by atoms with Gasteiger partial charge in [0.1, 0.15) is 0 Å². The maximum Gasteiger partial charge on any atom is 0.0455 e. The van der Waals surface area contributed by atoms with Crippen LogP contribution in [0.25, 0.3) is 0 Å². The molecule has 18 heavy (non-hydrogen) atoms. The molecule has 0 radical (unpaired) electrons. The van der Waals surface area contributed by atoms with Crippen LogP contribution in [-0.4, -0.2) is 0 Å². The van der Waals surface area contributed by atoms with E-state index in [1.807, 2.05) is 19.1 Å². The van der Waals surface area contributed by atoms with Crippen molar-refractivity contribution in [3.8, 4) is 0 Å². The van der Waals surface area contributed by atoms with Crippen LogP contribution in [0.15, 0.2) is 36.4 Å². The van der Waals surface area contributed by atoms with Crippen molar-refractivity contribution in [1.29, 1.82) is 0 Å². The Labute approximate surface area is 112 Å². The van der Waals surface area contributed by atoms with E-state index in [1.165, 1.54) is 16.8 Å². The number of fused-ring (bicyclic) bond motifs is 1. The average molecular weight is 259 g/mol. The van der Waals surface area contributed by atoms with Gasteiger partial charge < -0.3 is 10.6 Å². The van der Waals surface area contributed by atoms with Crippen molar-refractivity contribution >= 4 is 23.0 Å². The number of nitrogen functional groups attached to an aromatic ring is 1. The lowest BCUT2D eigenvalue weighted by Gasteiger charge is -2.18. The van der Waals surface area contributed by atoms with Gasteiger partial charge in [-0.2, -0.15) is 0 Å². The highest BCUT2D eigenvalue weighted by Gasteiger charge is 2.19. The lowest BCUT2D eigenvalue weighted by molar-refractivity contribution is 0.880. The van der Waals surface area contributed by atoms with Crippen molar-refractivity contribution in [3.63, 3.8) is 0 Å². The second-order valence-corrected chi connectivity index (χ2v) is 5.22. The van der Waals surface area contributed by atoms with E-state index in [1.54, 1.807) is 0 Å². The molecule has 0 saturated carbocycles. The first-order valence-electron chi connectivity index (χ1n) is 6.02. The minimum Gasteiger partial charge on any atom is -0.399 e. The largest absolute Gasteiger partial charge is 0.399 e. The van der Waals surface area contributed by atoms with Crippen molar-refractivity contribution in [1.82, 2.24) is 0 Å². The van der Waals surface area contributed by atoms with Gasteiger partial charge in [-0.15, -0.1) is 0 Å². The molecule has 0 saturated heterocycles. The lowest BCUT2D eigenvalue weighted by Crippen LogP contribution is -2.14. The summed E-state index contributed by atoms with van der Waals surface area (Å²) in [5, 5.41) is 0.822. The number of hydrogen-bond donors (Lipinski definition) is 1. The molecule has 1 aliphatic heterocycles. The fraction of sp³-hybridized carbons (Fsp3) is 0.200. The second-order valence-electron chi connectivity index (χ2n) is 4.82. The van der Waals surface area contributed by atoms with Gasteiger partial charge in [-0.1, -0.05) is 23.7 Å². The molecule has 0 spiro atoms. The zero-order chi connectivity index (χ0) is 12.7. The minimum absolute atomic E-state index is 0.822. The molecule has 0 bridgehead atoms. The van der Waals surface area contributed by atoms with E-state index in [0.29, 0.717) is 0 Å². The highest BCUT2D eigenvalue weighted by Crippen LogP contribution is 2.31. The number of nitrogens with two attached hydrogens (primary N) is 1. The van der Waals surface area contributed by atoms with Crippen LogP contribution >= 0.6 is 11.6 Å². The molecule has 92 valence electrons. The molecule has 0 atom stereocenters. The summed E-state index contributed by atoms with van der Waals surface area (Å²) in [4.78, 5) is 2.31. The molecule has 1 heterocycles. The van der Waals surface area contributed by atoms with E-state index in [-0.39, 0.29) is 0 Å². The van der Waals surface area contributed by atoms with Crippen LogP contribution in [0, 0.1) is 6.92 Å². The summed E-state index contributed by atoms with van der Waals surface area (Å²) in [6.07, 6.45) is 0. The highest BCUT2D eigenvalue weighted by molar-refractivity contribution is 6.31. The number of benzene rings is 2. The monoisotopic (exact) mass is 258 g/mol. The van der Waals surface area contributed by atoms with E-state index in [2.05, 4.69) is 29.2 Å². The predicted octanol–water partition coefficient (Wildman–Crippen LogP) is 3.75. The van der Waals surface area contributed by atoms with Crippen molar-refractivity contribution in [3.05, 3.63) is 58.1 Å². The highest BCUT2D eigenvalue weighted by atomic mass is 35.5. The van der Waals surface area contributed by atoms with E-state index in [0.717, 1.165) is 29.4 Å². The summed E-state index contributed by atoms with van der Waals surface area (Å²) in [6, 6.07) is 12.4. The van der Waals surface area contributed by atoms with Gasteiger partial charge in [0.25, 0.3) is 0 Å². The van der Waals surface area contributed by atoms with Gasteiger partial charge in [0.2, 0.25) is 0 Å². The summed E-state index contributed by atoms with van der Waals surface area (Å²) < 4.78 is 0. The van der Waals surface area contributed by atoms with Gasteiger partial charge in [0.05, 0.1) is 0 Å². The van der Waals surface area contributed by atoms with Gasteiger partial charge >= 0.3 is 0 Å². The fourth-order valence-corrected chi connectivity index (χ4v) is 2.55. The summed E-state index contributed by atoms with van der Waals surface area (Å²) in [7, 11) is 0. The van der Waals surface area contributed by atoms with Crippen molar-refractivity contribution in [2.75, 3.05) is 10.6 Å². The summed E-state index contributed by atoms with van der Waals surface area (Å²) in [6.45, 7) is 3.85. The number of anilines is 2. The van der Waals surface area contributed by atoms with Gasteiger partial charge in [-0.25, -0.2) is 0 Å². The Kier molecular flexibility index (Phi) is 2.67. The summed E-state index contributed by atoms with van der Waals surface area (Å²) >= 11 is 6.18. The molecule has 0 fully saturated rings. The Balaban J connectivity index is 1.91. The van der Waals surface area contributed by atoms with Crippen molar-refractivity contribution < 1.29 is 0 Å².